The molecule has 0 saturated carbocycles. The first-order chi connectivity index (χ1) is 37.4. The van der Waals surface area contributed by atoms with Crippen LogP contribution in [0, 0.1) is 0 Å². The fourth-order valence-electron chi connectivity index (χ4n) is 9.61. The Morgan fingerprint density at radius 1 is 0.519 bits per heavy atom. The number of benzene rings is 1. The van der Waals surface area contributed by atoms with E-state index in [2.05, 4.69) is 31.3 Å². The third kappa shape index (κ3) is 34.8. The summed E-state index contributed by atoms with van der Waals surface area (Å²) in [7, 11) is 0. The third-order valence-corrected chi connectivity index (χ3v) is 13.8. The van der Waals surface area contributed by atoms with E-state index < -0.39 is 79.3 Å². The van der Waals surface area contributed by atoms with Crippen molar-refractivity contribution < 1.29 is 61.9 Å². The first kappa shape index (κ1) is 68.5. The fourth-order valence-corrected chi connectivity index (χ4v) is 9.61. The number of ether oxygens (including phenoxy) is 7. The van der Waals surface area contributed by atoms with Crippen molar-refractivity contribution in [2.24, 2.45) is 0 Å². The second-order valence-corrected chi connectivity index (χ2v) is 21.0. The van der Waals surface area contributed by atoms with E-state index >= 15 is 0 Å². The number of nitrogens with one attached hydrogen (secondary N) is 1. The highest BCUT2D eigenvalue weighted by Crippen LogP contribution is 2.31. The standard InChI is InChI=1S/C63H103NO13/c1-7-9-11-13-15-17-19-21-22-23-24-25-26-27-28-30-32-34-36-38-43-47-58(69)64-55(48-72-63-61(75-53(6)68)60(74-52(5)67)59(73-51(4)66)57(77-63)49-71-50(3)65)56(76-62(70)54-44-40-39-41-45-54)46-42-37-35-33-31-29-20-18-16-14-12-10-8-2/h21-22,39-42,44-46,55-57,59-61,63H,7-20,23-38,43,47-49H2,1-6H3,(H,64,69)/b22-21+,46-42+/t55-,56+,57+,59-,60-,61+,63+/m0/s1. The summed E-state index contributed by atoms with van der Waals surface area (Å²) in [4.78, 5) is 77.1. The van der Waals surface area contributed by atoms with Crippen LogP contribution in [0.15, 0.2) is 54.6 Å². The quantitative estimate of drug-likeness (QED) is 0.0282. The predicted octanol–water partition coefficient (Wildman–Crippen LogP) is 14.4. The molecule has 1 aliphatic heterocycles. The summed E-state index contributed by atoms with van der Waals surface area (Å²) in [5.74, 6) is -3.86. The molecule has 0 bridgehead atoms. The van der Waals surface area contributed by atoms with Gasteiger partial charge in [-0.1, -0.05) is 204 Å². The number of unbranched alkanes of at least 4 members (excludes halogenated alkanes) is 28. The molecule has 1 saturated heterocycles. The van der Waals surface area contributed by atoms with Gasteiger partial charge in [-0.25, -0.2) is 4.79 Å². The summed E-state index contributed by atoms with van der Waals surface area (Å²) in [6, 6.07) is 7.58. The van der Waals surface area contributed by atoms with Crippen molar-refractivity contribution in [3.8, 4) is 0 Å². The molecule has 7 atom stereocenters. The number of hydrogen-bond acceptors (Lipinski definition) is 13. The van der Waals surface area contributed by atoms with Crippen LogP contribution in [0.1, 0.15) is 257 Å². The van der Waals surface area contributed by atoms with E-state index in [0.717, 1.165) is 65.7 Å². The zero-order valence-electron chi connectivity index (χ0n) is 48.6. The minimum absolute atomic E-state index is 0.228. The number of rotatable bonds is 46. The zero-order valence-corrected chi connectivity index (χ0v) is 48.6. The highest BCUT2D eigenvalue weighted by Gasteiger charge is 2.53. The van der Waals surface area contributed by atoms with E-state index in [4.69, 9.17) is 33.2 Å². The maximum Gasteiger partial charge on any atom is 0.338 e. The number of carbonyl (C=O) groups is 6. The average molecular weight is 1080 g/mol. The highest BCUT2D eigenvalue weighted by molar-refractivity contribution is 5.89. The molecule has 0 spiro atoms. The molecule has 0 aromatic heterocycles. The molecule has 1 aliphatic rings. The maximum absolute atomic E-state index is 13.9. The molecule has 0 aliphatic carbocycles. The number of allylic oxidation sites excluding steroid dienone is 3. The van der Waals surface area contributed by atoms with Gasteiger partial charge in [0.2, 0.25) is 5.91 Å². The molecule has 0 radical (unpaired) electrons. The number of hydrogen-bond donors (Lipinski definition) is 1. The van der Waals surface area contributed by atoms with E-state index in [-0.39, 0.29) is 18.9 Å². The topological polar surface area (TPSA) is 179 Å². The van der Waals surface area contributed by atoms with Gasteiger partial charge in [0, 0.05) is 34.1 Å². The van der Waals surface area contributed by atoms with Crippen LogP contribution in [0.3, 0.4) is 0 Å². The van der Waals surface area contributed by atoms with Gasteiger partial charge in [-0.3, -0.25) is 24.0 Å². The molecule has 2 rings (SSSR count). The van der Waals surface area contributed by atoms with E-state index in [9.17, 15) is 28.8 Å². The van der Waals surface area contributed by atoms with Crippen LogP contribution in [-0.4, -0.2) is 91.8 Å². The average Bonchev–Trinajstić information content (AvgIpc) is 3.39. The summed E-state index contributed by atoms with van der Waals surface area (Å²) >= 11 is 0. The van der Waals surface area contributed by atoms with Crippen molar-refractivity contribution in [1.82, 2.24) is 5.32 Å². The Labute approximate surface area is 464 Å². The van der Waals surface area contributed by atoms with Crippen LogP contribution in [-0.2, 0) is 57.1 Å². The molecule has 14 nitrogen and oxygen atoms in total. The first-order valence-electron chi connectivity index (χ1n) is 30.1. The Balaban J connectivity index is 2.16. The molecule has 1 aromatic carbocycles. The molecule has 1 heterocycles. The van der Waals surface area contributed by atoms with Crippen molar-refractivity contribution in [2.45, 2.75) is 290 Å². The molecular weight excluding hydrogens is 979 g/mol. The fraction of sp³-hybridized carbons (Fsp3) is 0.746. The monoisotopic (exact) mass is 1080 g/mol. The summed E-state index contributed by atoms with van der Waals surface area (Å²) in [6.45, 7) is 8.35. The SMILES string of the molecule is CCCCCCCC/C=C/CCCCCCCCCCCCCC(=O)N[C@@H](CO[C@@H]1O[C@H](COC(C)=O)[C@H](OC(C)=O)[C@H](OC(C)=O)[C@H]1OC(C)=O)[C@@H](/C=C/CCCCCCCCCCCCC)OC(=O)c1ccccc1. The van der Waals surface area contributed by atoms with Gasteiger partial charge >= 0.3 is 29.8 Å². The molecule has 1 aromatic rings. The molecule has 1 fully saturated rings. The van der Waals surface area contributed by atoms with E-state index in [1.165, 1.54) is 155 Å². The van der Waals surface area contributed by atoms with Crippen LogP contribution < -0.4 is 5.32 Å². The number of esters is 5. The summed E-state index contributed by atoms with van der Waals surface area (Å²) in [5.41, 5.74) is 0.319. The minimum Gasteiger partial charge on any atom is -0.463 e. The van der Waals surface area contributed by atoms with E-state index in [0.29, 0.717) is 12.0 Å². The Morgan fingerprint density at radius 3 is 1.42 bits per heavy atom. The summed E-state index contributed by atoms with van der Waals surface area (Å²) in [6.07, 6.45) is 37.6. The van der Waals surface area contributed by atoms with Gasteiger partial charge in [-0.2, -0.15) is 0 Å². The maximum atomic E-state index is 13.9. The van der Waals surface area contributed by atoms with Gasteiger partial charge in [-0.05, 0) is 63.2 Å². The smallest absolute Gasteiger partial charge is 0.338 e. The van der Waals surface area contributed by atoms with Crippen molar-refractivity contribution in [2.75, 3.05) is 13.2 Å². The molecule has 1 amide bonds. The summed E-state index contributed by atoms with van der Waals surface area (Å²) < 4.78 is 40.9. The second-order valence-electron chi connectivity index (χ2n) is 21.0. The number of carbonyl (C=O) groups excluding carboxylic acids is 6. The lowest BCUT2D eigenvalue weighted by molar-refractivity contribution is -0.309. The van der Waals surface area contributed by atoms with Crippen molar-refractivity contribution in [1.29, 1.82) is 0 Å². The van der Waals surface area contributed by atoms with Crippen molar-refractivity contribution >= 4 is 35.8 Å². The van der Waals surface area contributed by atoms with Crippen LogP contribution >= 0.6 is 0 Å². The first-order valence-corrected chi connectivity index (χ1v) is 30.1. The molecular formula is C63H103NO13. The third-order valence-electron chi connectivity index (χ3n) is 13.8. The van der Waals surface area contributed by atoms with Crippen LogP contribution in [0.2, 0.25) is 0 Å². The lowest BCUT2D eigenvalue weighted by Crippen LogP contribution is -2.63. The zero-order chi connectivity index (χ0) is 56.1. The second kappa shape index (κ2) is 45.3. The molecule has 438 valence electrons. The van der Waals surface area contributed by atoms with Gasteiger partial charge in [0.1, 0.15) is 18.8 Å². The molecule has 77 heavy (non-hydrogen) atoms. The molecule has 14 heteroatoms. The van der Waals surface area contributed by atoms with Gasteiger partial charge in [-0.15, -0.1) is 0 Å². The van der Waals surface area contributed by atoms with Gasteiger partial charge in [0.15, 0.2) is 24.6 Å². The predicted molar refractivity (Wildman–Crippen MR) is 303 cm³/mol. The highest BCUT2D eigenvalue weighted by atomic mass is 16.7. The Morgan fingerprint density at radius 2 is 0.948 bits per heavy atom. The van der Waals surface area contributed by atoms with Crippen LogP contribution in [0.25, 0.3) is 0 Å². The van der Waals surface area contributed by atoms with Crippen molar-refractivity contribution in [3.05, 3.63) is 60.2 Å². The Kier molecular flexibility index (Phi) is 40.3. The van der Waals surface area contributed by atoms with Crippen LogP contribution in [0.5, 0.6) is 0 Å². The van der Waals surface area contributed by atoms with Gasteiger partial charge < -0.3 is 38.5 Å². The van der Waals surface area contributed by atoms with Gasteiger partial charge in [0.25, 0.3) is 0 Å². The summed E-state index contributed by atoms with van der Waals surface area (Å²) in [5, 5.41) is 3.07. The largest absolute Gasteiger partial charge is 0.463 e. The molecule has 1 N–H and O–H groups in total. The Bertz CT molecular complexity index is 1790. The normalized spacial score (nSPS) is 18.2. The van der Waals surface area contributed by atoms with Crippen LogP contribution in [0.4, 0.5) is 0 Å². The van der Waals surface area contributed by atoms with E-state index in [1.54, 1.807) is 36.4 Å². The number of amides is 1. The lowest BCUT2D eigenvalue weighted by Gasteiger charge is -2.44. The van der Waals surface area contributed by atoms with Gasteiger partial charge in [0.05, 0.1) is 18.2 Å². The van der Waals surface area contributed by atoms with Crippen molar-refractivity contribution in [3.63, 3.8) is 0 Å². The molecule has 0 unspecified atom stereocenters. The minimum atomic E-state index is -1.51. The lowest BCUT2D eigenvalue weighted by atomic mass is 9.98. The van der Waals surface area contributed by atoms with E-state index in [1.807, 2.05) is 6.08 Å². The Hall–Kier alpha value is -4.56.